The standard InChI is InChI=1S/C15H19N5O/c1-11-9-16-10-13(18-11)12-4-7-20(8-5-12)15(21)14-3-6-17-19(14)2/h3,6,9-10,12H,4-5,7-8H2,1-2H3. The molecule has 1 amide bonds. The van der Waals surface area contributed by atoms with Crippen molar-refractivity contribution in [2.24, 2.45) is 7.05 Å². The fourth-order valence-corrected chi connectivity index (χ4v) is 2.80. The van der Waals surface area contributed by atoms with Crippen LogP contribution in [0.25, 0.3) is 0 Å². The molecule has 1 saturated heterocycles. The quantitative estimate of drug-likeness (QED) is 0.839. The molecule has 3 heterocycles. The molecule has 1 aliphatic heterocycles. The van der Waals surface area contributed by atoms with Crippen molar-refractivity contribution < 1.29 is 4.79 Å². The number of piperidine rings is 1. The van der Waals surface area contributed by atoms with E-state index in [9.17, 15) is 4.79 Å². The molecule has 0 aromatic carbocycles. The van der Waals surface area contributed by atoms with E-state index in [4.69, 9.17) is 0 Å². The van der Waals surface area contributed by atoms with Gasteiger partial charge in [0.15, 0.2) is 0 Å². The molecule has 2 aromatic rings. The summed E-state index contributed by atoms with van der Waals surface area (Å²) < 4.78 is 1.63. The molecule has 3 rings (SSSR count). The summed E-state index contributed by atoms with van der Waals surface area (Å²) in [6.07, 6.45) is 7.13. The molecule has 21 heavy (non-hydrogen) atoms. The van der Waals surface area contributed by atoms with Crippen LogP contribution in [0.15, 0.2) is 24.7 Å². The number of hydrogen-bond donors (Lipinski definition) is 0. The van der Waals surface area contributed by atoms with Gasteiger partial charge in [-0.05, 0) is 25.8 Å². The van der Waals surface area contributed by atoms with Gasteiger partial charge in [0.1, 0.15) is 5.69 Å². The third-order valence-electron chi connectivity index (χ3n) is 4.01. The van der Waals surface area contributed by atoms with Crippen molar-refractivity contribution in [2.75, 3.05) is 13.1 Å². The molecule has 0 bridgehead atoms. The molecule has 0 saturated carbocycles. The van der Waals surface area contributed by atoms with Crippen molar-refractivity contribution in [3.05, 3.63) is 41.7 Å². The normalized spacial score (nSPS) is 16.2. The number of likely N-dealkylation sites (tertiary alicyclic amines) is 1. The van der Waals surface area contributed by atoms with Gasteiger partial charge in [0, 0.05) is 44.6 Å². The van der Waals surface area contributed by atoms with Gasteiger partial charge in [-0.3, -0.25) is 19.4 Å². The van der Waals surface area contributed by atoms with E-state index in [1.54, 1.807) is 30.2 Å². The molecule has 0 atom stereocenters. The van der Waals surface area contributed by atoms with Crippen molar-refractivity contribution in [1.29, 1.82) is 0 Å². The smallest absolute Gasteiger partial charge is 0.272 e. The molecule has 2 aromatic heterocycles. The first-order chi connectivity index (χ1) is 10.1. The molecule has 1 fully saturated rings. The van der Waals surface area contributed by atoms with Gasteiger partial charge in [-0.2, -0.15) is 5.10 Å². The van der Waals surface area contributed by atoms with Crippen molar-refractivity contribution in [3.63, 3.8) is 0 Å². The average molecular weight is 285 g/mol. The highest BCUT2D eigenvalue weighted by Crippen LogP contribution is 2.27. The number of rotatable bonds is 2. The summed E-state index contributed by atoms with van der Waals surface area (Å²) in [5.41, 5.74) is 2.63. The number of nitrogens with zero attached hydrogens (tertiary/aromatic N) is 5. The molecular weight excluding hydrogens is 266 g/mol. The van der Waals surface area contributed by atoms with E-state index < -0.39 is 0 Å². The Morgan fingerprint density at radius 2 is 2.05 bits per heavy atom. The number of carbonyl (C=O) groups is 1. The van der Waals surface area contributed by atoms with Crippen LogP contribution in [-0.4, -0.2) is 43.6 Å². The Balaban J connectivity index is 1.65. The first-order valence-corrected chi connectivity index (χ1v) is 7.21. The maximum Gasteiger partial charge on any atom is 0.272 e. The molecule has 110 valence electrons. The second-order valence-electron chi connectivity index (χ2n) is 5.49. The van der Waals surface area contributed by atoms with Crippen molar-refractivity contribution in [1.82, 2.24) is 24.6 Å². The van der Waals surface area contributed by atoms with E-state index in [0.29, 0.717) is 11.6 Å². The largest absolute Gasteiger partial charge is 0.337 e. The number of aryl methyl sites for hydroxylation is 2. The van der Waals surface area contributed by atoms with Crippen molar-refractivity contribution >= 4 is 5.91 Å². The van der Waals surface area contributed by atoms with Crippen LogP contribution in [0.1, 0.15) is 40.6 Å². The fourth-order valence-electron chi connectivity index (χ4n) is 2.80. The molecule has 0 radical (unpaired) electrons. The molecule has 6 nitrogen and oxygen atoms in total. The number of amides is 1. The number of hydrogen-bond acceptors (Lipinski definition) is 4. The van der Waals surface area contributed by atoms with Crippen molar-refractivity contribution in [3.8, 4) is 0 Å². The fraction of sp³-hybridized carbons (Fsp3) is 0.467. The summed E-state index contributed by atoms with van der Waals surface area (Å²) >= 11 is 0. The van der Waals surface area contributed by atoms with Gasteiger partial charge in [0.25, 0.3) is 5.91 Å². The minimum Gasteiger partial charge on any atom is -0.337 e. The van der Waals surface area contributed by atoms with Crippen molar-refractivity contribution in [2.45, 2.75) is 25.7 Å². The van der Waals surface area contributed by atoms with Gasteiger partial charge in [-0.25, -0.2) is 0 Å². The van der Waals surface area contributed by atoms with E-state index in [0.717, 1.165) is 37.3 Å². The highest BCUT2D eigenvalue weighted by atomic mass is 16.2. The van der Waals surface area contributed by atoms with Gasteiger partial charge in [0.2, 0.25) is 0 Å². The Morgan fingerprint density at radius 3 is 2.67 bits per heavy atom. The van der Waals surface area contributed by atoms with Gasteiger partial charge in [-0.15, -0.1) is 0 Å². The third-order valence-corrected chi connectivity index (χ3v) is 4.01. The second-order valence-corrected chi connectivity index (χ2v) is 5.49. The van der Waals surface area contributed by atoms with E-state index in [-0.39, 0.29) is 5.91 Å². The van der Waals surface area contributed by atoms with Crippen LogP contribution in [0.5, 0.6) is 0 Å². The lowest BCUT2D eigenvalue weighted by Gasteiger charge is -2.31. The SMILES string of the molecule is Cc1cncc(C2CCN(C(=O)c3ccnn3C)CC2)n1. The van der Waals surface area contributed by atoms with Crippen LogP contribution in [0.2, 0.25) is 0 Å². The van der Waals surface area contributed by atoms with Crippen LogP contribution >= 0.6 is 0 Å². The molecular formula is C15H19N5O. The summed E-state index contributed by atoms with van der Waals surface area (Å²) in [5.74, 6) is 0.455. The number of carbonyl (C=O) groups excluding carboxylic acids is 1. The highest BCUT2D eigenvalue weighted by molar-refractivity contribution is 5.92. The first kappa shape index (κ1) is 13.7. The molecule has 0 aliphatic carbocycles. The van der Waals surface area contributed by atoms with Crippen LogP contribution < -0.4 is 0 Å². The lowest BCUT2D eigenvalue weighted by atomic mass is 9.93. The lowest BCUT2D eigenvalue weighted by Crippen LogP contribution is -2.38. The minimum absolute atomic E-state index is 0.0591. The molecule has 0 unspecified atom stereocenters. The van der Waals surface area contributed by atoms with E-state index >= 15 is 0 Å². The van der Waals surface area contributed by atoms with Gasteiger partial charge >= 0.3 is 0 Å². The zero-order valence-corrected chi connectivity index (χ0v) is 12.4. The van der Waals surface area contributed by atoms with E-state index in [1.807, 2.05) is 18.0 Å². The molecule has 6 heteroatoms. The van der Waals surface area contributed by atoms with E-state index in [2.05, 4.69) is 15.1 Å². The Kier molecular flexibility index (Phi) is 3.68. The monoisotopic (exact) mass is 285 g/mol. The first-order valence-electron chi connectivity index (χ1n) is 7.21. The zero-order chi connectivity index (χ0) is 14.8. The Hall–Kier alpha value is -2.24. The van der Waals surface area contributed by atoms with Gasteiger partial charge < -0.3 is 4.90 Å². The minimum atomic E-state index is 0.0591. The molecule has 1 aliphatic rings. The Morgan fingerprint density at radius 1 is 1.29 bits per heavy atom. The predicted molar refractivity (Wildman–Crippen MR) is 77.9 cm³/mol. The lowest BCUT2D eigenvalue weighted by molar-refractivity contribution is 0.0701. The van der Waals surface area contributed by atoms with Gasteiger partial charge in [0.05, 0.1) is 11.4 Å². The van der Waals surface area contributed by atoms with Crippen LogP contribution in [0, 0.1) is 6.92 Å². The topological polar surface area (TPSA) is 63.9 Å². The van der Waals surface area contributed by atoms with Gasteiger partial charge in [-0.1, -0.05) is 0 Å². The summed E-state index contributed by atoms with van der Waals surface area (Å²) in [5, 5.41) is 4.06. The maximum atomic E-state index is 12.4. The third kappa shape index (κ3) is 2.79. The molecule has 0 spiro atoms. The second kappa shape index (κ2) is 5.63. The number of aromatic nitrogens is 4. The molecule has 0 N–H and O–H groups in total. The maximum absolute atomic E-state index is 12.4. The van der Waals surface area contributed by atoms with Crippen LogP contribution in [0.4, 0.5) is 0 Å². The summed E-state index contributed by atoms with van der Waals surface area (Å²) in [6, 6.07) is 1.76. The highest BCUT2D eigenvalue weighted by Gasteiger charge is 2.26. The summed E-state index contributed by atoms with van der Waals surface area (Å²) in [4.78, 5) is 23.1. The average Bonchev–Trinajstić information content (AvgIpc) is 2.93. The Labute approximate surface area is 123 Å². The summed E-state index contributed by atoms with van der Waals surface area (Å²) in [6.45, 7) is 3.46. The van der Waals surface area contributed by atoms with Crippen LogP contribution in [0.3, 0.4) is 0 Å². The zero-order valence-electron chi connectivity index (χ0n) is 12.4. The summed E-state index contributed by atoms with van der Waals surface area (Å²) in [7, 11) is 1.79. The van der Waals surface area contributed by atoms with E-state index in [1.165, 1.54) is 0 Å². The Bertz CT molecular complexity index is 643. The van der Waals surface area contributed by atoms with Crippen LogP contribution in [-0.2, 0) is 7.05 Å². The predicted octanol–water partition coefficient (Wildman–Crippen LogP) is 1.54.